The highest BCUT2D eigenvalue weighted by atomic mass is 32.2. The Hall–Kier alpha value is 0.310. The molecule has 1 nitrogen and oxygen atoms in total. The van der Waals surface area contributed by atoms with Crippen molar-refractivity contribution < 1.29 is 0 Å². The summed E-state index contributed by atoms with van der Waals surface area (Å²) in [4.78, 5) is 0. The van der Waals surface area contributed by atoms with Gasteiger partial charge in [-0.3, -0.25) is 0 Å². The summed E-state index contributed by atoms with van der Waals surface area (Å²) in [6.45, 7) is 7.76. The minimum atomic E-state index is 0.733. The highest BCUT2D eigenvalue weighted by Gasteiger charge is 2.02. The van der Waals surface area contributed by atoms with Gasteiger partial charge >= 0.3 is 0 Å². The Balaban J connectivity index is 3.20. The molecule has 0 bridgehead atoms. The quantitative estimate of drug-likeness (QED) is 0.597. The Bertz CT molecular complexity index is 76.0. The summed E-state index contributed by atoms with van der Waals surface area (Å²) in [5.74, 6) is 2.58. The van der Waals surface area contributed by atoms with Crippen LogP contribution in [0.1, 0.15) is 33.6 Å². The molecule has 0 heterocycles. The Kier molecular flexibility index (Phi) is 8.64. The van der Waals surface area contributed by atoms with Crippen LogP contribution in [0.15, 0.2) is 0 Å². The van der Waals surface area contributed by atoms with E-state index in [1.165, 1.54) is 24.3 Å². The van der Waals surface area contributed by atoms with Gasteiger partial charge < -0.3 is 5.32 Å². The van der Waals surface area contributed by atoms with Gasteiger partial charge in [-0.15, -0.1) is 0 Å². The van der Waals surface area contributed by atoms with E-state index in [1.807, 2.05) is 0 Å². The second-order valence-electron chi connectivity index (χ2n) is 2.74. The zero-order chi connectivity index (χ0) is 8.53. The lowest BCUT2D eigenvalue weighted by Crippen LogP contribution is -2.30. The number of thioether (sulfide) groups is 1. The van der Waals surface area contributed by atoms with E-state index >= 15 is 0 Å². The van der Waals surface area contributed by atoms with Gasteiger partial charge in [0, 0.05) is 11.8 Å². The Morgan fingerprint density at radius 2 is 2.00 bits per heavy atom. The maximum atomic E-state index is 3.47. The van der Waals surface area contributed by atoms with Crippen molar-refractivity contribution in [1.82, 2.24) is 5.32 Å². The van der Waals surface area contributed by atoms with Crippen LogP contribution in [-0.4, -0.2) is 24.1 Å². The van der Waals surface area contributed by atoms with Crippen LogP contribution in [0.3, 0.4) is 0 Å². The zero-order valence-corrected chi connectivity index (χ0v) is 8.84. The molecule has 0 aromatic rings. The lowest BCUT2D eigenvalue weighted by molar-refractivity contribution is 0.560. The Morgan fingerprint density at radius 1 is 1.27 bits per heavy atom. The van der Waals surface area contributed by atoms with Gasteiger partial charge in [0.1, 0.15) is 0 Å². The highest BCUT2D eigenvalue weighted by molar-refractivity contribution is 7.99. The molecule has 0 aromatic carbocycles. The normalized spacial score (nSPS) is 13.4. The molecule has 0 aliphatic carbocycles. The molecule has 1 N–H and O–H groups in total. The lowest BCUT2D eigenvalue weighted by atomic mass is 10.2. The average Bonchev–Trinajstić information content (AvgIpc) is 2.03. The summed E-state index contributed by atoms with van der Waals surface area (Å²) in [7, 11) is 0. The van der Waals surface area contributed by atoms with Crippen LogP contribution in [-0.2, 0) is 0 Å². The van der Waals surface area contributed by atoms with Crippen molar-refractivity contribution in [2.24, 2.45) is 0 Å². The summed E-state index contributed by atoms with van der Waals surface area (Å²) < 4.78 is 0. The lowest BCUT2D eigenvalue weighted by Gasteiger charge is -2.14. The van der Waals surface area contributed by atoms with E-state index < -0.39 is 0 Å². The van der Waals surface area contributed by atoms with Gasteiger partial charge in [0.15, 0.2) is 0 Å². The molecular formula is C9H21NS. The average molecular weight is 175 g/mol. The summed E-state index contributed by atoms with van der Waals surface area (Å²) in [6.07, 6.45) is 2.55. The molecule has 0 rings (SSSR count). The van der Waals surface area contributed by atoms with Crippen molar-refractivity contribution in [2.75, 3.05) is 18.1 Å². The summed E-state index contributed by atoms with van der Waals surface area (Å²) in [5.41, 5.74) is 0. The van der Waals surface area contributed by atoms with Crippen LogP contribution in [0.25, 0.3) is 0 Å². The molecule has 0 aliphatic heterocycles. The molecule has 0 radical (unpaired) electrons. The van der Waals surface area contributed by atoms with Crippen LogP contribution in [0, 0.1) is 0 Å². The van der Waals surface area contributed by atoms with Crippen LogP contribution in [0.4, 0.5) is 0 Å². The molecule has 0 saturated carbocycles. The fraction of sp³-hybridized carbons (Fsp3) is 1.00. The van der Waals surface area contributed by atoms with E-state index in [1.54, 1.807) is 0 Å². The van der Waals surface area contributed by atoms with Gasteiger partial charge in [-0.1, -0.05) is 20.8 Å². The monoisotopic (exact) mass is 175 g/mol. The highest BCUT2D eigenvalue weighted by Crippen LogP contribution is 2.06. The number of nitrogens with one attached hydrogen (secondary N) is 1. The maximum absolute atomic E-state index is 3.47. The number of hydrogen-bond acceptors (Lipinski definition) is 2. The van der Waals surface area contributed by atoms with Crippen LogP contribution in [0.5, 0.6) is 0 Å². The van der Waals surface area contributed by atoms with E-state index in [0.717, 1.165) is 12.6 Å². The second-order valence-corrected chi connectivity index (χ2v) is 3.89. The van der Waals surface area contributed by atoms with Crippen molar-refractivity contribution in [3.05, 3.63) is 0 Å². The molecule has 0 saturated heterocycles. The topological polar surface area (TPSA) is 12.0 Å². The number of hydrogen-bond donors (Lipinski definition) is 1. The van der Waals surface area contributed by atoms with E-state index in [-0.39, 0.29) is 0 Å². The van der Waals surface area contributed by atoms with E-state index in [9.17, 15) is 0 Å². The Morgan fingerprint density at radius 3 is 2.45 bits per heavy atom. The van der Waals surface area contributed by atoms with Crippen molar-refractivity contribution in [3.63, 3.8) is 0 Å². The molecule has 0 fully saturated rings. The van der Waals surface area contributed by atoms with Crippen molar-refractivity contribution >= 4 is 11.8 Å². The molecule has 1 atom stereocenters. The predicted molar refractivity (Wildman–Crippen MR) is 55.4 cm³/mol. The molecule has 0 aromatic heterocycles. The van der Waals surface area contributed by atoms with E-state index in [2.05, 4.69) is 37.8 Å². The summed E-state index contributed by atoms with van der Waals surface area (Å²) in [6, 6.07) is 0.733. The first kappa shape index (κ1) is 11.3. The molecule has 1 unspecified atom stereocenters. The van der Waals surface area contributed by atoms with Gasteiger partial charge in [-0.05, 0) is 25.1 Å². The third-order valence-electron chi connectivity index (χ3n) is 1.65. The summed E-state index contributed by atoms with van der Waals surface area (Å²) >= 11 is 2.06. The molecule has 2 heteroatoms. The second kappa shape index (κ2) is 8.41. The van der Waals surface area contributed by atoms with Crippen molar-refractivity contribution in [2.45, 2.75) is 39.7 Å². The van der Waals surface area contributed by atoms with Gasteiger partial charge in [0.25, 0.3) is 0 Å². The third kappa shape index (κ3) is 6.70. The zero-order valence-electron chi connectivity index (χ0n) is 8.02. The van der Waals surface area contributed by atoms with Gasteiger partial charge in [-0.2, -0.15) is 11.8 Å². The molecule has 0 aliphatic rings. The molecule has 0 spiro atoms. The maximum Gasteiger partial charge on any atom is 0.0155 e. The molecule has 68 valence electrons. The fourth-order valence-corrected chi connectivity index (χ4v) is 2.07. The standard InChI is InChI=1S/C9H21NS/c1-4-7-11-8-9(5-2)10-6-3/h9-10H,4-8H2,1-3H3. The SMILES string of the molecule is CCCSCC(CC)NCC. The van der Waals surface area contributed by atoms with Crippen molar-refractivity contribution in [3.8, 4) is 0 Å². The van der Waals surface area contributed by atoms with Gasteiger partial charge in [-0.25, -0.2) is 0 Å². The predicted octanol–water partition coefficient (Wildman–Crippen LogP) is 2.52. The third-order valence-corrected chi connectivity index (χ3v) is 2.99. The first-order chi connectivity index (χ1) is 5.35. The number of rotatable bonds is 7. The van der Waals surface area contributed by atoms with Gasteiger partial charge in [0.05, 0.1) is 0 Å². The van der Waals surface area contributed by atoms with Gasteiger partial charge in [0.2, 0.25) is 0 Å². The van der Waals surface area contributed by atoms with Crippen molar-refractivity contribution in [1.29, 1.82) is 0 Å². The van der Waals surface area contributed by atoms with Crippen LogP contribution in [0.2, 0.25) is 0 Å². The molecule has 11 heavy (non-hydrogen) atoms. The van der Waals surface area contributed by atoms with Crippen LogP contribution >= 0.6 is 11.8 Å². The Labute approximate surface area is 75.3 Å². The smallest absolute Gasteiger partial charge is 0.0155 e. The minimum absolute atomic E-state index is 0.733. The largest absolute Gasteiger partial charge is 0.313 e. The van der Waals surface area contributed by atoms with Crippen LogP contribution < -0.4 is 5.32 Å². The fourth-order valence-electron chi connectivity index (χ4n) is 0.980. The molecule has 0 amide bonds. The van der Waals surface area contributed by atoms with E-state index in [0.29, 0.717) is 0 Å². The van der Waals surface area contributed by atoms with E-state index in [4.69, 9.17) is 0 Å². The summed E-state index contributed by atoms with van der Waals surface area (Å²) in [5, 5.41) is 3.47. The first-order valence-corrected chi connectivity index (χ1v) is 5.81. The first-order valence-electron chi connectivity index (χ1n) is 4.66. The molecular weight excluding hydrogens is 154 g/mol. The minimum Gasteiger partial charge on any atom is -0.313 e.